The molecule has 3 rings (SSSR count). The third-order valence-electron chi connectivity index (χ3n) is 5.88. The predicted molar refractivity (Wildman–Crippen MR) is 120 cm³/mol. The van der Waals surface area contributed by atoms with Crippen LogP contribution in [0.1, 0.15) is 38.7 Å². The first kappa shape index (κ1) is 22.0. The lowest BCUT2D eigenvalue weighted by Gasteiger charge is -2.43. The fraction of sp³-hybridized carbons (Fsp3) is 0.480. The van der Waals surface area contributed by atoms with Gasteiger partial charge in [-0.2, -0.15) is 0 Å². The highest BCUT2D eigenvalue weighted by Gasteiger charge is 2.44. The Kier molecular flexibility index (Phi) is 6.91. The molecule has 0 unspecified atom stereocenters. The Morgan fingerprint density at radius 2 is 1.70 bits per heavy atom. The van der Waals surface area contributed by atoms with Gasteiger partial charge in [0.2, 0.25) is 11.8 Å². The van der Waals surface area contributed by atoms with E-state index in [-0.39, 0.29) is 11.8 Å². The monoisotopic (exact) mass is 407 g/mol. The van der Waals surface area contributed by atoms with Crippen molar-refractivity contribution in [1.82, 2.24) is 14.8 Å². The van der Waals surface area contributed by atoms with Gasteiger partial charge in [0.15, 0.2) is 0 Å². The molecule has 0 aliphatic carbocycles. The smallest absolute Gasteiger partial charge is 0.230 e. The van der Waals surface area contributed by atoms with Gasteiger partial charge in [0.05, 0.1) is 5.41 Å². The summed E-state index contributed by atoms with van der Waals surface area (Å²) in [7, 11) is 3.62. The molecule has 0 spiro atoms. The molecule has 0 radical (unpaired) electrons. The average Bonchev–Trinajstić information content (AvgIpc) is 2.74. The van der Waals surface area contributed by atoms with E-state index >= 15 is 0 Å². The van der Waals surface area contributed by atoms with Crippen molar-refractivity contribution in [2.75, 3.05) is 27.2 Å². The van der Waals surface area contributed by atoms with Gasteiger partial charge in [-0.1, -0.05) is 38.1 Å². The minimum Gasteiger partial charge on any atom is -0.348 e. The Bertz CT molecular complexity index is 862. The summed E-state index contributed by atoms with van der Waals surface area (Å²) in [6.07, 6.45) is 6.43. The van der Waals surface area contributed by atoms with Crippen LogP contribution in [0, 0.1) is 11.3 Å². The molecule has 1 aromatic carbocycles. The number of pyridine rings is 1. The number of likely N-dealkylation sites (tertiary alicyclic amines) is 1. The SMILES string of the molecule is CC(C)CC(=O)N1CCC[C@](Cc2ccc(-c3ccncc3)cc2)(C(=O)N(C)C)C1. The largest absolute Gasteiger partial charge is 0.348 e. The molecule has 5 heteroatoms. The molecule has 2 amide bonds. The summed E-state index contributed by atoms with van der Waals surface area (Å²) in [5, 5.41) is 0. The van der Waals surface area contributed by atoms with E-state index in [9.17, 15) is 9.59 Å². The van der Waals surface area contributed by atoms with Crippen LogP contribution in [-0.4, -0.2) is 53.8 Å². The zero-order valence-corrected chi connectivity index (χ0v) is 18.6. The molecule has 2 aromatic rings. The van der Waals surface area contributed by atoms with Gasteiger partial charge in [0.25, 0.3) is 0 Å². The number of rotatable bonds is 6. The number of aromatic nitrogens is 1. The van der Waals surface area contributed by atoms with E-state index in [4.69, 9.17) is 0 Å². The van der Waals surface area contributed by atoms with Crippen molar-refractivity contribution < 1.29 is 9.59 Å². The summed E-state index contributed by atoms with van der Waals surface area (Å²) in [5.41, 5.74) is 2.82. The molecule has 1 saturated heterocycles. The van der Waals surface area contributed by atoms with E-state index in [1.807, 2.05) is 31.1 Å². The third kappa shape index (κ3) is 5.07. The second kappa shape index (κ2) is 9.41. The first-order chi connectivity index (χ1) is 14.3. The maximum absolute atomic E-state index is 13.3. The maximum atomic E-state index is 13.3. The number of benzene rings is 1. The van der Waals surface area contributed by atoms with Crippen molar-refractivity contribution in [2.24, 2.45) is 11.3 Å². The summed E-state index contributed by atoms with van der Waals surface area (Å²) in [4.78, 5) is 33.7. The van der Waals surface area contributed by atoms with Gasteiger partial charge in [-0.15, -0.1) is 0 Å². The topological polar surface area (TPSA) is 53.5 Å². The summed E-state index contributed by atoms with van der Waals surface area (Å²) in [6.45, 7) is 5.37. The van der Waals surface area contributed by atoms with Crippen LogP contribution >= 0.6 is 0 Å². The van der Waals surface area contributed by atoms with Gasteiger partial charge < -0.3 is 9.80 Å². The molecule has 0 N–H and O–H groups in total. The molecule has 30 heavy (non-hydrogen) atoms. The minimum absolute atomic E-state index is 0.114. The highest BCUT2D eigenvalue weighted by atomic mass is 16.2. The Morgan fingerprint density at radius 3 is 2.30 bits per heavy atom. The van der Waals surface area contributed by atoms with Crippen LogP contribution in [0.2, 0.25) is 0 Å². The van der Waals surface area contributed by atoms with Gasteiger partial charge in [0, 0.05) is 46.0 Å². The normalized spacial score (nSPS) is 19.0. The van der Waals surface area contributed by atoms with E-state index in [1.54, 1.807) is 17.3 Å². The van der Waals surface area contributed by atoms with Crippen LogP contribution in [0.15, 0.2) is 48.8 Å². The first-order valence-corrected chi connectivity index (χ1v) is 10.8. The van der Waals surface area contributed by atoms with E-state index in [1.165, 1.54) is 0 Å². The van der Waals surface area contributed by atoms with Crippen LogP contribution < -0.4 is 0 Å². The second-order valence-corrected chi connectivity index (χ2v) is 9.11. The van der Waals surface area contributed by atoms with Gasteiger partial charge in [0.1, 0.15) is 0 Å². The summed E-state index contributed by atoms with van der Waals surface area (Å²) >= 11 is 0. The molecular weight excluding hydrogens is 374 g/mol. The number of amides is 2. The lowest BCUT2D eigenvalue weighted by Crippen LogP contribution is -2.54. The molecule has 5 nitrogen and oxygen atoms in total. The standard InChI is InChI=1S/C25H33N3O2/c1-19(2)16-23(29)28-15-5-12-25(18-28,24(30)27(3)4)17-20-6-8-21(9-7-20)22-10-13-26-14-11-22/h6-11,13-14,19H,5,12,15-18H2,1-4H3/t25-/m1/s1. The summed E-state index contributed by atoms with van der Waals surface area (Å²) in [5.74, 6) is 0.593. The molecule has 1 atom stereocenters. The van der Waals surface area contributed by atoms with Crippen molar-refractivity contribution in [2.45, 2.75) is 39.5 Å². The Labute approximate surface area is 180 Å². The zero-order chi connectivity index (χ0) is 21.7. The van der Waals surface area contributed by atoms with Gasteiger partial charge in [-0.25, -0.2) is 0 Å². The first-order valence-electron chi connectivity index (χ1n) is 10.8. The van der Waals surface area contributed by atoms with Crippen LogP contribution in [0.3, 0.4) is 0 Å². The van der Waals surface area contributed by atoms with E-state index in [0.29, 0.717) is 25.3 Å². The number of hydrogen-bond acceptors (Lipinski definition) is 3. The van der Waals surface area contributed by atoms with Crippen LogP contribution in [0.25, 0.3) is 11.1 Å². The van der Waals surface area contributed by atoms with Gasteiger partial charge in [-0.3, -0.25) is 14.6 Å². The quantitative estimate of drug-likeness (QED) is 0.726. The average molecular weight is 408 g/mol. The Hall–Kier alpha value is -2.69. The van der Waals surface area contributed by atoms with Crippen LogP contribution in [0.4, 0.5) is 0 Å². The molecule has 1 aliphatic rings. The zero-order valence-electron chi connectivity index (χ0n) is 18.6. The van der Waals surface area contributed by atoms with Crippen molar-refractivity contribution in [3.63, 3.8) is 0 Å². The lowest BCUT2D eigenvalue weighted by atomic mass is 9.73. The fourth-order valence-electron chi connectivity index (χ4n) is 4.44. The molecule has 2 heterocycles. The molecule has 1 aromatic heterocycles. The van der Waals surface area contributed by atoms with E-state index in [2.05, 4.69) is 43.1 Å². The van der Waals surface area contributed by atoms with Gasteiger partial charge >= 0.3 is 0 Å². The van der Waals surface area contributed by atoms with E-state index < -0.39 is 5.41 Å². The van der Waals surface area contributed by atoms with Crippen molar-refractivity contribution >= 4 is 11.8 Å². The molecule has 0 bridgehead atoms. The minimum atomic E-state index is -0.563. The summed E-state index contributed by atoms with van der Waals surface area (Å²) < 4.78 is 0. The lowest BCUT2D eigenvalue weighted by molar-refractivity contribution is -0.147. The number of carbonyl (C=O) groups excluding carboxylic acids is 2. The van der Waals surface area contributed by atoms with Crippen molar-refractivity contribution in [3.8, 4) is 11.1 Å². The molecule has 1 aliphatic heterocycles. The Balaban J connectivity index is 1.83. The maximum Gasteiger partial charge on any atom is 0.230 e. The fourth-order valence-corrected chi connectivity index (χ4v) is 4.44. The second-order valence-electron chi connectivity index (χ2n) is 9.11. The third-order valence-corrected chi connectivity index (χ3v) is 5.88. The number of piperidine rings is 1. The highest BCUT2D eigenvalue weighted by molar-refractivity contribution is 5.85. The van der Waals surface area contributed by atoms with E-state index in [0.717, 1.165) is 36.1 Å². The van der Waals surface area contributed by atoms with Crippen molar-refractivity contribution in [3.05, 3.63) is 54.4 Å². The van der Waals surface area contributed by atoms with Gasteiger partial charge in [-0.05, 0) is 54.0 Å². The Morgan fingerprint density at radius 1 is 1.07 bits per heavy atom. The molecular formula is C25H33N3O2. The number of nitrogens with zero attached hydrogens (tertiary/aromatic N) is 3. The number of hydrogen-bond donors (Lipinski definition) is 0. The predicted octanol–water partition coefficient (Wildman–Crippen LogP) is 4.03. The molecule has 160 valence electrons. The molecule has 0 saturated carbocycles. The highest BCUT2D eigenvalue weighted by Crippen LogP contribution is 2.36. The van der Waals surface area contributed by atoms with Crippen LogP contribution in [0.5, 0.6) is 0 Å². The number of carbonyl (C=O) groups is 2. The van der Waals surface area contributed by atoms with Crippen LogP contribution in [-0.2, 0) is 16.0 Å². The molecule has 1 fully saturated rings. The summed E-state index contributed by atoms with van der Waals surface area (Å²) in [6, 6.07) is 12.4. The van der Waals surface area contributed by atoms with Crippen molar-refractivity contribution in [1.29, 1.82) is 0 Å².